The molecule has 19 heavy (non-hydrogen) atoms. The molecule has 2 N–H and O–H groups in total. The highest BCUT2D eigenvalue weighted by Crippen LogP contribution is 2.17. The third kappa shape index (κ3) is 4.08. The minimum atomic E-state index is 0.720. The standard InChI is InChI=1S/C16H25N3/c1-13(2)11-17-9-10-19(3)12-15-6-4-5-14-7-8-18-16(14)15/h4-8,13,17-18H,9-12H2,1-3H3. The topological polar surface area (TPSA) is 31.1 Å². The third-order valence-electron chi connectivity index (χ3n) is 3.34. The molecule has 0 aliphatic carbocycles. The first-order valence-electron chi connectivity index (χ1n) is 7.11. The third-order valence-corrected chi connectivity index (χ3v) is 3.34. The Morgan fingerprint density at radius 1 is 1.26 bits per heavy atom. The van der Waals surface area contributed by atoms with Crippen LogP contribution in [-0.4, -0.2) is 36.6 Å². The van der Waals surface area contributed by atoms with E-state index in [1.54, 1.807) is 0 Å². The first kappa shape index (κ1) is 14.1. The number of rotatable bonds is 7. The maximum atomic E-state index is 3.48. The summed E-state index contributed by atoms with van der Waals surface area (Å²) in [5.41, 5.74) is 2.64. The second-order valence-corrected chi connectivity index (χ2v) is 5.69. The van der Waals surface area contributed by atoms with Crippen molar-refractivity contribution in [1.82, 2.24) is 15.2 Å². The molecule has 3 nitrogen and oxygen atoms in total. The fourth-order valence-corrected chi connectivity index (χ4v) is 2.31. The van der Waals surface area contributed by atoms with Crippen molar-refractivity contribution in [3.05, 3.63) is 36.0 Å². The maximum absolute atomic E-state index is 3.48. The summed E-state index contributed by atoms with van der Waals surface area (Å²) in [4.78, 5) is 5.70. The minimum absolute atomic E-state index is 0.720. The fourth-order valence-electron chi connectivity index (χ4n) is 2.31. The molecule has 0 aliphatic heterocycles. The first-order chi connectivity index (χ1) is 9.16. The van der Waals surface area contributed by atoms with Gasteiger partial charge in [0.2, 0.25) is 0 Å². The van der Waals surface area contributed by atoms with E-state index in [4.69, 9.17) is 0 Å². The fraction of sp³-hybridized carbons (Fsp3) is 0.500. The Bertz CT molecular complexity index is 501. The molecule has 0 amide bonds. The highest BCUT2D eigenvalue weighted by Gasteiger charge is 2.05. The summed E-state index contributed by atoms with van der Waals surface area (Å²) >= 11 is 0. The highest BCUT2D eigenvalue weighted by atomic mass is 15.1. The zero-order valence-electron chi connectivity index (χ0n) is 12.2. The number of aromatic amines is 1. The van der Waals surface area contributed by atoms with Gasteiger partial charge in [0.05, 0.1) is 0 Å². The van der Waals surface area contributed by atoms with Gasteiger partial charge in [-0.3, -0.25) is 0 Å². The lowest BCUT2D eigenvalue weighted by atomic mass is 10.1. The Morgan fingerprint density at radius 2 is 2.11 bits per heavy atom. The van der Waals surface area contributed by atoms with Crippen molar-refractivity contribution >= 4 is 10.9 Å². The lowest BCUT2D eigenvalue weighted by Gasteiger charge is -2.18. The van der Waals surface area contributed by atoms with E-state index in [1.165, 1.54) is 16.5 Å². The quantitative estimate of drug-likeness (QED) is 0.749. The van der Waals surface area contributed by atoms with Crippen LogP contribution < -0.4 is 5.32 Å². The molecule has 1 aromatic carbocycles. The normalized spacial score (nSPS) is 11.8. The van der Waals surface area contributed by atoms with Crippen LogP contribution in [0.25, 0.3) is 10.9 Å². The summed E-state index contributed by atoms with van der Waals surface area (Å²) in [6.45, 7) is 8.69. The second-order valence-electron chi connectivity index (χ2n) is 5.69. The van der Waals surface area contributed by atoms with E-state index < -0.39 is 0 Å². The van der Waals surface area contributed by atoms with Crippen LogP contribution in [0.15, 0.2) is 30.5 Å². The monoisotopic (exact) mass is 259 g/mol. The summed E-state index contributed by atoms with van der Waals surface area (Å²) in [6, 6.07) is 8.62. The summed E-state index contributed by atoms with van der Waals surface area (Å²) in [7, 11) is 2.18. The average Bonchev–Trinajstić information content (AvgIpc) is 2.84. The van der Waals surface area contributed by atoms with Crippen LogP contribution in [0.3, 0.4) is 0 Å². The van der Waals surface area contributed by atoms with Crippen molar-refractivity contribution in [2.24, 2.45) is 5.92 Å². The first-order valence-corrected chi connectivity index (χ1v) is 7.11. The van der Waals surface area contributed by atoms with E-state index in [9.17, 15) is 0 Å². The zero-order valence-corrected chi connectivity index (χ0v) is 12.2. The molecular formula is C16H25N3. The Hall–Kier alpha value is -1.32. The summed E-state index contributed by atoms with van der Waals surface area (Å²) < 4.78 is 0. The van der Waals surface area contributed by atoms with Crippen LogP contribution in [0.4, 0.5) is 0 Å². The van der Waals surface area contributed by atoms with Crippen molar-refractivity contribution in [2.75, 3.05) is 26.7 Å². The van der Waals surface area contributed by atoms with Crippen LogP contribution in [0.5, 0.6) is 0 Å². The number of benzene rings is 1. The predicted molar refractivity (Wildman–Crippen MR) is 82.3 cm³/mol. The molecule has 2 rings (SSSR count). The van der Waals surface area contributed by atoms with Crippen LogP contribution in [0.1, 0.15) is 19.4 Å². The highest BCUT2D eigenvalue weighted by molar-refractivity contribution is 5.82. The van der Waals surface area contributed by atoms with Crippen molar-refractivity contribution < 1.29 is 0 Å². The van der Waals surface area contributed by atoms with Crippen molar-refractivity contribution in [2.45, 2.75) is 20.4 Å². The molecule has 1 aromatic heterocycles. The molecule has 0 aliphatic rings. The Morgan fingerprint density at radius 3 is 2.89 bits per heavy atom. The number of nitrogens with zero attached hydrogens (tertiary/aromatic N) is 1. The number of aromatic nitrogens is 1. The van der Waals surface area contributed by atoms with Crippen LogP contribution >= 0.6 is 0 Å². The van der Waals surface area contributed by atoms with Crippen LogP contribution in [0, 0.1) is 5.92 Å². The number of para-hydroxylation sites is 1. The predicted octanol–water partition coefficient (Wildman–Crippen LogP) is 2.85. The smallest absolute Gasteiger partial charge is 0.0499 e. The van der Waals surface area contributed by atoms with Gasteiger partial charge in [0.25, 0.3) is 0 Å². The number of H-pyrrole nitrogens is 1. The van der Waals surface area contributed by atoms with E-state index in [0.717, 1.165) is 32.1 Å². The summed E-state index contributed by atoms with van der Waals surface area (Å²) in [5.74, 6) is 0.720. The van der Waals surface area contributed by atoms with Crippen molar-refractivity contribution in [3.63, 3.8) is 0 Å². The molecule has 104 valence electrons. The molecule has 0 saturated carbocycles. The van der Waals surface area contributed by atoms with Gasteiger partial charge in [-0.25, -0.2) is 0 Å². The number of nitrogens with one attached hydrogen (secondary N) is 2. The van der Waals surface area contributed by atoms with Crippen molar-refractivity contribution in [1.29, 1.82) is 0 Å². The molecule has 3 heteroatoms. The van der Waals surface area contributed by atoms with Gasteiger partial charge in [0, 0.05) is 31.3 Å². The molecule has 1 heterocycles. The molecule has 0 saturated heterocycles. The number of hydrogen-bond acceptors (Lipinski definition) is 2. The molecule has 2 aromatic rings. The maximum Gasteiger partial charge on any atom is 0.0499 e. The zero-order chi connectivity index (χ0) is 13.7. The molecular weight excluding hydrogens is 234 g/mol. The van der Waals surface area contributed by atoms with Gasteiger partial charge < -0.3 is 15.2 Å². The molecule has 0 fully saturated rings. The molecule has 0 bridgehead atoms. The minimum Gasteiger partial charge on any atom is -0.361 e. The Labute approximate surface area is 116 Å². The van der Waals surface area contributed by atoms with Crippen LogP contribution in [0.2, 0.25) is 0 Å². The van der Waals surface area contributed by atoms with Gasteiger partial charge in [-0.1, -0.05) is 32.0 Å². The second kappa shape index (κ2) is 6.73. The molecule has 0 unspecified atom stereocenters. The van der Waals surface area contributed by atoms with Gasteiger partial charge in [-0.15, -0.1) is 0 Å². The summed E-state index contributed by atoms with van der Waals surface area (Å²) in [5, 5.41) is 4.78. The van der Waals surface area contributed by atoms with Gasteiger partial charge in [0.1, 0.15) is 0 Å². The van der Waals surface area contributed by atoms with Crippen LogP contribution in [-0.2, 0) is 6.54 Å². The van der Waals surface area contributed by atoms with E-state index >= 15 is 0 Å². The lowest BCUT2D eigenvalue weighted by Crippen LogP contribution is -2.30. The Balaban J connectivity index is 1.85. The van der Waals surface area contributed by atoms with E-state index in [0.29, 0.717) is 0 Å². The number of likely N-dealkylation sites (N-methyl/N-ethyl adjacent to an activating group) is 1. The lowest BCUT2D eigenvalue weighted by molar-refractivity contribution is 0.322. The Kier molecular flexibility index (Phi) is 5.00. The summed E-state index contributed by atoms with van der Waals surface area (Å²) in [6.07, 6.45) is 2.01. The van der Waals surface area contributed by atoms with Crippen molar-refractivity contribution in [3.8, 4) is 0 Å². The van der Waals surface area contributed by atoms with E-state index in [-0.39, 0.29) is 0 Å². The van der Waals surface area contributed by atoms with E-state index in [1.807, 2.05) is 6.20 Å². The largest absolute Gasteiger partial charge is 0.361 e. The van der Waals surface area contributed by atoms with Gasteiger partial charge in [-0.05, 0) is 36.5 Å². The van der Waals surface area contributed by atoms with E-state index in [2.05, 4.69) is 60.4 Å². The number of fused-ring (bicyclic) bond motifs is 1. The molecule has 0 radical (unpaired) electrons. The van der Waals surface area contributed by atoms with Gasteiger partial charge in [0.15, 0.2) is 0 Å². The molecule has 0 atom stereocenters. The average molecular weight is 259 g/mol. The SMILES string of the molecule is CC(C)CNCCN(C)Cc1cccc2cc[nH]c12. The van der Waals surface area contributed by atoms with Gasteiger partial charge >= 0.3 is 0 Å². The number of hydrogen-bond donors (Lipinski definition) is 2. The molecule has 0 spiro atoms. The van der Waals surface area contributed by atoms with Gasteiger partial charge in [-0.2, -0.15) is 0 Å².